The summed E-state index contributed by atoms with van der Waals surface area (Å²) in [6, 6.07) is 1.29. The highest BCUT2D eigenvalue weighted by atomic mass is 19.3. The molecule has 1 aliphatic carbocycles. The fourth-order valence-corrected chi connectivity index (χ4v) is 4.40. The molecule has 38 heavy (non-hydrogen) atoms. The molecule has 5 nitrogen and oxygen atoms in total. The minimum Gasteiger partial charge on any atom is -0.487 e. The van der Waals surface area contributed by atoms with Crippen molar-refractivity contribution >= 4 is 0 Å². The van der Waals surface area contributed by atoms with Gasteiger partial charge in [0.1, 0.15) is 30.7 Å². The molecule has 212 valence electrons. The van der Waals surface area contributed by atoms with Gasteiger partial charge in [-0.3, -0.25) is 0 Å². The Morgan fingerprint density at radius 1 is 0.974 bits per heavy atom. The first-order valence-corrected chi connectivity index (χ1v) is 13.2. The molecule has 2 aromatic heterocycles. The summed E-state index contributed by atoms with van der Waals surface area (Å²) in [5.74, 6) is -5.03. The summed E-state index contributed by atoms with van der Waals surface area (Å²) in [4.78, 5) is 11.6. The predicted molar refractivity (Wildman–Crippen MR) is 131 cm³/mol. The first-order valence-electron chi connectivity index (χ1n) is 13.2. The molecule has 0 spiro atoms. The maximum absolute atomic E-state index is 15.1. The van der Waals surface area contributed by atoms with E-state index in [0.29, 0.717) is 12.8 Å². The highest BCUT2D eigenvalue weighted by molar-refractivity contribution is 5.53. The van der Waals surface area contributed by atoms with Gasteiger partial charge in [-0.15, -0.1) is 0 Å². The monoisotopic (exact) mass is 547 g/mol. The van der Waals surface area contributed by atoms with Crippen molar-refractivity contribution in [3.05, 3.63) is 35.5 Å². The number of rotatable bonds is 15. The molecule has 0 amide bonds. The number of ether oxygens (including phenoxy) is 2. The molecular formula is C27H35F6N3O2. The first kappa shape index (κ1) is 30.1. The van der Waals surface area contributed by atoms with Gasteiger partial charge in [-0.2, -0.15) is 13.2 Å². The van der Waals surface area contributed by atoms with Gasteiger partial charge in [0, 0.05) is 0 Å². The average Bonchev–Trinajstić information content (AvgIpc) is 2.89. The molecule has 4 unspecified atom stereocenters. The molecule has 2 heterocycles. The molecule has 1 aliphatic rings. The topological polar surface area (TPSA) is 57.1 Å². The normalized spacial score (nSPS) is 19.0. The zero-order valence-electron chi connectivity index (χ0n) is 21.7. The van der Waals surface area contributed by atoms with Crippen LogP contribution in [0.3, 0.4) is 0 Å². The van der Waals surface area contributed by atoms with E-state index >= 15 is 8.78 Å². The van der Waals surface area contributed by atoms with Crippen LogP contribution in [0.25, 0.3) is 11.5 Å². The van der Waals surface area contributed by atoms with Gasteiger partial charge in [0.05, 0.1) is 24.6 Å². The van der Waals surface area contributed by atoms with Crippen molar-refractivity contribution in [2.24, 2.45) is 0 Å². The van der Waals surface area contributed by atoms with Crippen molar-refractivity contribution in [2.75, 3.05) is 13.2 Å². The summed E-state index contributed by atoms with van der Waals surface area (Å²) in [7, 11) is 0. The van der Waals surface area contributed by atoms with Crippen LogP contribution >= 0.6 is 0 Å². The first-order chi connectivity index (χ1) is 18.2. The van der Waals surface area contributed by atoms with Gasteiger partial charge in [0.25, 0.3) is 0 Å². The minimum atomic E-state index is -3.68. The predicted octanol–water partition coefficient (Wildman–Crippen LogP) is 7.26. The van der Waals surface area contributed by atoms with Crippen molar-refractivity contribution in [2.45, 2.75) is 102 Å². The van der Waals surface area contributed by atoms with Gasteiger partial charge in [-0.05, 0) is 37.3 Å². The molecule has 2 aromatic rings. The molecule has 4 atom stereocenters. The number of hydrogen-bond acceptors (Lipinski definition) is 5. The van der Waals surface area contributed by atoms with Crippen molar-refractivity contribution in [3.8, 4) is 17.3 Å². The van der Waals surface area contributed by atoms with E-state index in [1.807, 2.05) is 6.92 Å². The summed E-state index contributed by atoms with van der Waals surface area (Å²) >= 11 is 0. The molecule has 0 aromatic carbocycles. The summed E-state index contributed by atoms with van der Waals surface area (Å²) in [6.07, 6.45) is 0.242. The fraction of sp³-hybridized carbons (Fsp3) is 0.667. The van der Waals surface area contributed by atoms with E-state index < -0.39 is 55.3 Å². The molecule has 0 fully saturated rings. The lowest BCUT2D eigenvalue weighted by atomic mass is 9.87. The van der Waals surface area contributed by atoms with Crippen LogP contribution in [0.2, 0.25) is 0 Å². The maximum Gasteiger partial charge on any atom is 0.303 e. The van der Waals surface area contributed by atoms with E-state index in [9.17, 15) is 17.6 Å². The standard InChI is InChI=1S/C27H35F6N3O2/c1-3-5-6-7-9-18(28)15-38-23-11-10-17-12-22(36-25(31)24(17)27(23,32)33)26-34-13-19(14-35-26)37-16-21(30)20(29)8-4-2/h12-14,18,20-21,23H,3-11,15-16H2,1-2H3. The summed E-state index contributed by atoms with van der Waals surface area (Å²) in [5, 5.41) is 0. The lowest BCUT2D eigenvalue weighted by Gasteiger charge is -2.33. The van der Waals surface area contributed by atoms with Crippen molar-refractivity contribution in [1.82, 2.24) is 15.0 Å². The fourth-order valence-electron chi connectivity index (χ4n) is 4.40. The number of aromatic nitrogens is 3. The Morgan fingerprint density at radius 2 is 1.71 bits per heavy atom. The second-order valence-corrected chi connectivity index (χ2v) is 9.64. The molecule has 0 bridgehead atoms. The molecule has 0 aliphatic heterocycles. The Balaban J connectivity index is 1.64. The van der Waals surface area contributed by atoms with E-state index in [1.165, 1.54) is 18.5 Å². The summed E-state index contributed by atoms with van der Waals surface area (Å²) < 4.78 is 97.0. The molecule has 0 radical (unpaired) electrons. The zero-order valence-corrected chi connectivity index (χ0v) is 21.7. The van der Waals surface area contributed by atoms with Crippen LogP contribution in [-0.2, 0) is 17.1 Å². The zero-order chi connectivity index (χ0) is 27.7. The number of alkyl halides is 5. The van der Waals surface area contributed by atoms with Crippen molar-refractivity contribution in [1.29, 1.82) is 0 Å². The van der Waals surface area contributed by atoms with Crippen LogP contribution in [0.5, 0.6) is 5.75 Å². The second kappa shape index (κ2) is 14.1. The van der Waals surface area contributed by atoms with Gasteiger partial charge < -0.3 is 9.47 Å². The minimum absolute atomic E-state index is 0.0443. The number of halogens is 6. The van der Waals surface area contributed by atoms with E-state index in [-0.39, 0.29) is 48.5 Å². The molecular weight excluding hydrogens is 512 g/mol. The van der Waals surface area contributed by atoms with Crippen LogP contribution in [0, 0.1) is 5.95 Å². The highest BCUT2D eigenvalue weighted by Crippen LogP contribution is 2.43. The molecule has 0 saturated heterocycles. The number of fused-ring (bicyclic) bond motifs is 1. The number of pyridine rings is 1. The van der Waals surface area contributed by atoms with Crippen LogP contribution in [0.4, 0.5) is 26.3 Å². The average molecular weight is 548 g/mol. The van der Waals surface area contributed by atoms with Crippen LogP contribution in [-0.4, -0.2) is 52.8 Å². The number of nitrogens with zero attached hydrogens (tertiary/aromatic N) is 3. The van der Waals surface area contributed by atoms with E-state index in [1.54, 1.807) is 6.92 Å². The lowest BCUT2D eigenvalue weighted by Crippen LogP contribution is -2.40. The largest absolute Gasteiger partial charge is 0.487 e. The van der Waals surface area contributed by atoms with Gasteiger partial charge in [0.2, 0.25) is 5.95 Å². The third-order valence-electron chi connectivity index (χ3n) is 6.54. The SMILES string of the molecule is CCCCCCC(F)COC1CCc2cc(-c3ncc(OCC(F)C(F)CCC)cn3)nc(F)c2C1(F)F. The maximum atomic E-state index is 15.1. The van der Waals surface area contributed by atoms with Crippen LogP contribution < -0.4 is 4.74 Å². The molecule has 3 rings (SSSR count). The van der Waals surface area contributed by atoms with Gasteiger partial charge in [-0.25, -0.2) is 28.1 Å². The smallest absolute Gasteiger partial charge is 0.303 e. The van der Waals surface area contributed by atoms with Crippen LogP contribution in [0.1, 0.15) is 76.3 Å². The summed E-state index contributed by atoms with van der Waals surface area (Å²) in [5.41, 5.74) is -0.880. The molecule has 0 N–H and O–H groups in total. The Morgan fingerprint density at radius 3 is 2.39 bits per heavy atom. The quantitative estimate of drug-likeness (QED) is 0.133. The third kappa shape index (κ3) is 7.80. The van der Waals surface area contributed by atoms with Gasteiger partial charge in [-0.1, -0.05) is 46.0 Å². The number of hydrogen-bond donors (Lipinski definition) is 0. The van der Waals surface area contributed by atoms with E-state index in [2.05, 4.69) is 15.0 Å². The Hall–Kier alpha value is -2.43. The molecule has 11 heteroatoms. The third-order valence-corrected chi connectivity index (χ3v) is 6.54. The second-order valence-electron chi connectivity index (χ2n) is 9.64. The lowest BCUT2D eigenvalue weighted by molar-refractivity contribution is -0.160. The summed E-state index contributed by atoms with van der Waals surface area (Å²) in [6.45, 7) is 2.80. The van der Waals surface area contributed by atoms with Crippen molar-refractivity contribution in [3.63, 3.8) is 0 Å². The highest BCUT2D eigenvalue weighted by Gasteiger charge is 2.49. The van der Waals surface area contributed by atoms with E-state index in [4.69, 9.17) is 9.47 Å². The number of unbranched alkanes of at least 4 members (excludes halogenated alkanes) is 3. The van der Waals surface area contributed by atoms with Gasteiger partial charge >= 0.3 is 5.92 Å². The van der Waals surface area contributed by atoms with E-state index in [0.717, 1.165) is 19.3 Å². The Kier molecular flexibility index (Phi) is 11.2. The van der Waals surface area contributed by atoms with Crippen LogP contribution in [0.15, 0.2) is 18.5 Å². The molecule has 0 saturated carbocycles. The number of aryl methyl sites for hydroxylation is 1. The van der Waals surface area contributed by atoms with Gasteiger partial charge in [0.15, 0.2) is 17.7 Å². The Labute approximate surface area is 219 Å². The van der Waals surface area contributed by atoms with Crippen molar-refractivity contribution < 1.29 is 35.8 Å². The Bertz CT molecular complexity index is 1010.